The number of carbonyl (C=O) groups is 1. The summed E-state index contributed by atoms with van der Waals surface area (Å²) in [6, 6.07) is 15.2. The van der Waals surface area contributed by atoms with Crippen LogP contribution in [-0.4, -0.2) is 30.0 Å². The fourth-order valence-corrected chi connectivity index (χ4v) is 2.46. The van der Waals surface area contributed by atoms with Gasteiger partial charge in [-0.15, -0.1) is 0 Å². The first kappa shape index (κ1) is 17.5. The molecule has 0 saturated carbocycles. The number of nitrogens with one attached hydrogen (secondary N) is 1. The molecule has 0 aliphatic carbocycles. The molecule has 3 aromatic rings. The summed E-state index contributed by atoms with van der Waals surface area (Å²) in [5.74, 6) is -0.465. The van der Waals surface area contributed by atoms with Gasteiger partial charge in [0, 0.05) is 30.9 Å². The van der Waals surface area contributed by atoms with Crippen LogP contribution >= 0.6 is 0 Å². The van der Waals surface area contributed by atoms with Crippen molar-refractivity contribution in [3.05, 3.63) is 78.0 Å². The lowest BCUT2D eigenvalue weighted by Crippen LogP contribution is -2.23. The molecule has 0 aliphatic heterocycles. The van der Waals surface area contributed by atoms with Crippen LogP contribution in [0.25, 0.3) is 11.3 Å². The van der Waals surface area contributed by atoms with Gasteiger partial charge in [-0.3, -0.25) is 4.79 Å². The maximum absolute atomic E-state index is 13.0. The summed E-state index contributed by atoms with van der Waals surface area (Å²) >= 11 is 0. The molecule has 1 N–H and O–H groups in total. The Hall–Kier alpha value is -3.28. The van der Waals surface area contributed by atoms with Crippen LogP contribution in [0.5, 0.6) is 0 Å². The Labute approximate surface area is 151 Å². The first-order chi connectivity index (χ1) is 12.5. The van der Waals surface area contributed by atoms with Crippen molar-refractivity contribution in [3.63, 3.8) is 0 Å². The van der Waals surface area contributed by atoms with Gasteiger partial charge in [0.05, 0.1) is 17.9 Å². The number of hydrogen-bond acceptors (Lipinski definition) is 4. The van der Waals surface area contributed by atoms with E-state index in [4.69, 9.17) is 0 Å². The highest BCUT2D eigenvalue weighted by atomic mass is 19.1. The largest absolute Gasteiger partial charge is 0.378 e. The number of aromatic nitrogens is 2. The fourth-order valence-electron chi connectivity index (χ4n) is 2.46. The SMILES string of the molecule is CN(C)c1ccc(C(=O)NCc2cc(-c3ccc(F)cc3)ncn2)cc1. The number of anilines is 1. The van der Waals surface area contributed by atoms with Gasteiger partial charge in [-0.05, 0) is 54.6 Å². The van der Waals surface area contributed by atoms with E-state index < -0.39 is 0 Å². The molecule has 2 aromatic carbocycles. The number of rotatable bonds is 5. The Morgan fingerprint density at radius 2 is 1.73 bits per heavy atom. The summed E-state index contributed by atoms with van der Waals surface area (Å²) in [5.41, 5.74) is 3.77. The van der Waals surface area contributed by atoms with Gasteiger partial charge < -0.3 is 10.2 Å². The van der Waals surface area contributed by atoms with Gasteiger partial charge in [0.2, 0.25) is 0 Å². The predicted molar refractivity (Wildman–Crippen MR) is 99.4 cm³/mol. The number of carbonyl (C=O) groups excluding carboxylic acids is 1. The third kappa shape index (κ3) is 4.22. The van der Waals surface area contributed by atoms with Crippen LogP contribution in [0.15, 0.2) is 60.9 Å². The number of nitrogens with zero attached hydrogens (tertiary/aromatic N) is 3. The molecule has 0 spiro atoms. The van der Waals surface area contributed by atoms with Crippen LogP contribution in [-0.2, 0) is 6.54 Å². The van der Waals surface area contributed by atoms with E-state index in [0.717, 1.165) is 11.3 Å². The van der Waals surface area contributed by atoms with Crippen molar-refractivity contribution in [2.24, 2.45) is 0 Å². The van der Waals surface area contributed by atoms with Gasteiger partial charge in [0.25, 0.3) is 5.91 Å². The second-order valence-corrected chi connectivity index (χ2v) is 6.03. The molecule has 3 rings (SSSR count). The lowest BCUT2D eigenvalue weighted by Gasteiger charge is -2.12. The lowest BCUT2D eigenvalue weighted by molar-refractivity contribution is 0.0950. The molecule has 132 valence electrons. The summed E-state index contributed by atoms with van der Waals surface area (Å²) in [4.78, 5) is 22.6. The zero-order valence-electron chi connectivity index (χ0n) is 14.6. The second-order valence-electron chi connectivity index (χ2n) is 6.03. The highest BCUT2D eigenvalue weighted by Crippen LogP contribution is 2.17. The molecule has 6 heteroatoms. The van der Waals surface area contributed by atoms with Crippen molar-refractivity contribution < 1.29 is 9.18 Å². The zero-order valence-corrected chi connectivity index (χ0v) is 14.6. The monoisotopic (exact) mass is 350 g/mol. The van der Waals surface area contributed by atoms with Crippen molar-refractivity contribution in [1.82, 2.24) is 15.3 Å². The van der Waals surface area contributed by atoms with E-state index in [1.54, 1.807) is 30.3 Å². The van der Waals surface area contributed by atoms with Crippen molar-refractivity contribution in [2.45, 2.75) is 6.54 Å². The molecular weight excluding hydrogens is 331 g/mol. The second kappa shape index (κ2) is 7.74. The molecule has 1 aromatic heterocycles. The number of hydrogen-bond donors (Lipinski definition) is 1. The Balaban J connectivity index is 1.66. The molecule has 0 unspecified atom stereocenters. The third-order valence-electron chi connectivity index (χ3n) is 3.94. The van der Waals surface area contributed by atoms with Crippen molar-refractivity contribution >= 4 is 11.6 Å². The average molecular weight is 350 g/mol. The Kier molecular flexibility index (Phi) is 5.22. The Morgan fingerprint density at radius 3 is 2.38 bits per heavy atom. The van der Waals surface area contributed by atoms with Crippen LogP contribution in [0.1, 0.15) is 16.1 Å². The molecule has 0 aliphatic rings. The van der Waals surface area contributed by atoms with Crippen LogP contribution in [0.3, 0.4) is 0 Å². The summed E-state index contributed by atoms with van der Waals surface area (Å²) in [6.45, 7) is 0.283. The van der Waals surface area contributed by atoms with Crippen molar-refractivity contribution in [1.29, 1.82) is 0 Å². The van der Waals surface area contributed by atoms with Crippen LogP contribution < -0.4 is 10.2 Å². The number of benzene rings is 2. The van der Waals surface area contributed by atoms with E-state index in [-0.39, 0.29) is 18.3 Å². The summed E-state index contributed by atoms with van der Waals surface area (Å²) in [6.07, 6.45) is 1.44. The van der Waals surface area contributed by atoms with Crippen LogP contribution in [0, 0.1) is 5.82 Å². The number of amides is 1. The molecule has 0 bridgehead atoms. The van der Waals surface area contributed by atoms with Crippen LogP contribution in [0.4, 0.5) is 10.1 Å². The molecular formula is C20H19FN4O. The van der Waals surface area contributed by atoms with E-state index in [2.05, 4.69) is 15.3 Å². The molecule has 0 atom stereocenters. The quantitative estimate of drug-likeness (QED) is 0.767. The van der Waals surface area contributed by atoms with Crippen LogP contribution in [0.2, 0.25) is 0 Å². The topological polar surface area (TPSA) is 58.1 Å². The maximum atomic E-state index is 13.0. The van der Waals surface area contributed by atoms with Crippen molar-refractivity contribution in [3.8, 4) is 11.3 Å². The molecule has 0 saturated heterocycles. The molecule has 0 radical (unpaired) electrons. The van der Waals surface area contributed by atoms with Gasteiger partial charge in [0.1, 0.15) is 12.1 Å². The highest BCUT2D eigenvalue weighted by molar-refractivity contribution is 5.94. The van der Waals surface area contributed by atoms with E-state index >= 15 is 0 Å². The van der Waals surface area contributed by atoms with Gasteiger partial charge in [-0.2, -0.15) is 0 Å². The summed E-state index contributed by atoms with van der Waals surface area (Å²) in [5, 5.41) is 2.85. The number of halogens is 1. The minimum absolute atomic E-state index is 0.169. The molecule has 26 heavy (non-hydrogen) atoms. The van der Waals surface area contributed by atoms with E-state index in [9.17, 15) is 9.18 Å². The summed E-state index contributed by atoms with van der Waals surface area (Å²) in [7, 11) is 3.89. The Bertz CT molecular complexity index is 892. The minimum atomic E-state index is -0.296. The van der Waals surface area contributed by atoms with Gasteiger partial charge in [0.15, 0.2) is 0 Å². The molecule has 0 fully saturated rings. The van der Waals surface area contributed by atoms with Gasteiger partial charge >= 0.3 is 0 Å². The minimum Gasteiger partial charge on any atom is -0.378 e. The van der Waals surface area contributed by atoms with E-state index in [0.29, 0.717) is 17.0 Å². The first-order valence-corrected chi connectivity index (χ1v) is 8.15. The average Bonchev–Trinajstić information content (AvgIpc) is 2.67. The van der Waals surface area contributed by atoms with Crippen molar-refractivity contribution in [2.75, 3.05) is 19.0 Å². The van der Waals surface area contributed by atoms with Gasteiger partial charge in [-0.25, -0.2) is 14.4 Å². The maximum Gasteiger partial charge on any atom is 0.251 e. The Morgan fingerprint density at radius 1 is 1.04 bits per heavy atom. The molecule has 5 nitrogen and oxygen atoms in total. The van der Waals surface area contributed by atoms with E-state index in [1.807, 2.05) is 31.1 Å². The predicted octanol–water partition coefficient (Wildman–Crippen LogP) is 3.28. The fraction of sp³-hybridized carbons (Fsp3) is 0.150. The third-order valence-corrected chi connectivity index (χ3v) is 3.94. The zero-order chi connectivity index (χ0) is 18.5. The smallest absolute Gasteiger partial charge is 0.251 e. The lowest BCUT2D eigenvalue weighted by atomic mass is 10.1. The standard InChI is InChI=1S/C20H19FN4O/c1-25(2)18-9-5-15(6-10-18)20(26)22-12-17-11-19(24-13-23-17)14-3-7-16(21)8-4-14/h3-11,13H,12H2,1-2H3,(H,22,26). The molecule has 1 amide bonds. The summed E-state index contributed by atoms with van der Waals surface area (Å²) < 4.78 is 13.0. The highest BCUT2D eigenvalue weighted by Gasteiger charge is 2.08. The molecule has 1 heterocycles. The van der Waals surface area contributed by atoms with E-state index in [1.165, 1.54) is 18.5 Å². The first-order valence-electron chi connectivity index (χ1n) is 8.15. The normalized spacial score (nSPS) is 10.4. The van der Waals surface area contributed by atoms with Gasteiger partial charge in [-0.1, -0.05) is 0 Å².